The topological polar surface area (TPSA) is 28.7 Å². The van der Waals surface area contributed by atoms with Crippen LogP contribution in [0.5, 0.6) is 0 Å². The zero-order valence-corrected chi connectivity index (χ0v) is 12.4. The third-order valence-electron chi connectivity index (χ3n) is 3.45. The van der Waals surface area contributed by atoms with Crippen molar-refractivity contribution in [1.29, 1.82) is 0 Å². The molecule has 22 heavy (non-hydrogen) atoms. The Morgan fingerprint density at radius 3 is 2.86 bits per heavy atom. The van der Waals surface area contributed by atoms with Crippen LogP contribution in [0, 0.1) is 5.82 Å². The van der Waals surface area contributed by atoms with Crippen LogP contribution in [-0.2, 0) is 0 Å². The predicted octanol–water partition coefficient (Wildman–Crippen LogP) is 5.26. The highest BCUT2D eigenvalue weighted by Crippen LogP contribution is 2.29. The first-order valence-corrected chi connectivity index (χ1v) is 7.20. The van der Waals surface area contributed by atoms with Gasteiger partial charge in [0.25, 0.3) is 0 Å². The van der Waals surface area contributed by atoms with Crippen molar-refractivity contribution in [2.45, 2.75) is 6.42 Å². The lowest BCUT2D eigenvalue weighted by Crippen LogP contribution is -1.90. The minimum atomic E-state index is -0.506. The van der Waals surface area contributed by atoms with Crippen LogP contribution in [0.4, 0.5) is 8.78 Å². The number of hydrogen-bond acceptors (Lipinski definition) is 1. The number of allylic oxidation sites excluding steroid dienone is 1. The molecule has 0 atom stereocenters. The molecule has 1 N–H and O–H groups in total. The highest BCUT2D eigenvalue weighted by atomic mass is 35.5. The summed E-state index contributed by atoms with van der Waals surface area (Å²) in [6.07, 6.45) is 3.81. The standard InChI is InChI=1S/C17H13ClF2N2/c18-16-9-14(20)2-3-15(16)12(5-6-19)7-11-1-4-17-13(8-11)10-21-22-17/h1-4,7-10H,5-6H2,(H,21,22)/b12-7+. The lowest BCUT2D eigenvalue weighted by Gasteiger charge is -2.09. The van der Waals surface area contributed by atoms with E-state index < -0.39 is 12.5 Å². The lowest BCUT2D eigenvalue weighted by molar-refractivity contribution is 0.505. The number of rotatable bonds is 4. The molecule has 0 radical (unpaired) electrons. The van der Waals surface area contributed by atoms with Gasteiger partial charge in [0.2, 0.25) is 0 Å². The molecule has 0 spiro atoms. The normalized spacial score (nSPS) is 12.0. The summed E-state index contributed by atoms with van der Waals surface area (Å²) in [6, 6.07) is 9.92. The van der Waals surface area contributed by atoms with E-state index in [0.717, 1.165) is 22.0 Å². The summed E-state index contributed by atoms with van der Waals surface area (Å²) in [5, 5.41) is 8.10. The van der Waals surface area contributed by atoms with Gasteiger partial charge in [0.1, 0.15) is 5.82 Å². The summed E-state index contributed by atoms with van der Waals surface area (Å²) in [6.45, 7) is -0.506. The van der Waals surface area contributed by atoms with Gasteiger partial charge in [-0.05, 0) is 41.0 Å². The molecule has 0 aliphatic rings. The molecule has 0 unspecified atom stereocenters. The summed E-state index contributed by atoms with van der Waals surface area (Å²) in [7, 11) is 0. The van der Waals surface area contributed by atoms with Gasteiger partial charge in [0.15, 0.2) is 0 Å². The first-order valence-electron chi connectivity index (χ1n) is 6.82. The molecule has 0 fully saturated rings. The van der Waals surface area contributed by atoms with Gasteiger partial charge in [-0.2, -0.15) is 5.10 Å². The van der Waals surface area contributed by atoms with Crippen LogP contribution in [0.25, 0.3) is 22.6 Å². The van der Waals surface area contributed by atoms with Gasteiger partial charge < -0.3 is 0 Å². The number of fused-ring (bicyclic) bond motifs is 1. The number of nitrogens with one attached hydrogen (secondary N) is 1. The van der Waals surface area contributed by atoms with Crippen molar-refractivity contribution in [3.63, 3.8) is 0 Å². The van der Waals surface area contributed by atoms with Crippen LogP contribution >= 0.6 is 11.6 Å². The molecule has 0 amide bonds. The number of benzene rings is 2. The Bertz CT molecular complexity index is 840. The minimum Gasteiger partial charge on any atom is -0.278 e. The van der Waals surface area contributed by atoms with Gasteiger partial charge in [-0.15, -0.1) is 0 Å². The molecule has 3 aromatic rings. The van der Waals surface area contributed by atoms with E-state index >= 15 is 0 Å². The van der Waals surface area contributed by atoms with E-state index in [4.69, 9.17) is 11.6 Å². The number of alkyl halides is 1. The quantitative estimate of drug-likeness (QED) is 0.653. The fraction of sp³-hybridized carbons (Fsp3) is 0.118. The second kappa shape index (κ2) is 6.28. The number of aromatic amines is 1. The van der Waals surface area contributed by atoms with Crippen molar-refractivity contribution in [2.75, 3.05) is 6.67 Å². The fourth-order valence-corrected chi connectivity index (χ4v) is 2.68. The van der Waals surface area contributed by atoms with Crippen molar-refractivity contribution in [3.05, 3.63) is 64.6 Å². The van der Waals surface area contributed by atoms with Gasteiger partial charge in [-0.3, -0.25) is 9.49 Å². The molecule has 0 saturated heterocycles. The second-order valence-electron chi connectivity index (χ2n) is 4.95. The molecule has 0 bridgehead atoms. The number of halogens is 3. The summed E-state index contributed by atoms with van der Waals surface area (Å²) in [5.74, 6) is -0.409. The zero-order valence-electron chi connectivity index (χ0n) is 11.6. The zero-order chi connectivity index (χ0) is 15.5. The van der Waals surface area contributed by atoms with Crippen molar-refractivity contribution < 1.29 is 8.78 Å². The Hall–Kier alpha value is -2.20. The summed E-state index contributed by atoms with van der Waals surface area (Å²) in [5.41, 5.74) is 3.23. The van der Waals surface area contributed by atoms with Crippen molar-refractivity contribution in [2.24, 2.45) is 0 Å². The Morgan fingerprint density at radius 2 is 2.09 bits per heavy atom. The Labute approximate surface area is 131 Å². The number of H-pyrrole nitrogens is 1. The second-order valence-corrected chi connectivity index (χ2v) is 5.36. The van der Waals surface area contributed by atoms with Gasteiger partial charge in [-0.1, -0.05) is 29.8 Å². The molecule has 0 aliphatic heterocycles. The average molecular weight is 319 g/mol. The smallest absolute Gasteiger partial charge is 0.124 e. The van der Waals surface area contributed by atoms with Gasteiger partial charge in [-0.25, -0.2) is 4.39 Å². The van der Waals surface area contributed by atoms with E-state index in [1.165, 1.54) is 12.1 Å². The van der Waals surface area contributed by atoms with E-state index in [1.54, 1.807) is 12.3 Å². The molecule has 0 saturated carbocycles. The van der Waals surface area contributed by atoms with Crippen LogP contribution in [0.2, 0.25) is 5.02 Å². The van der Waals surface area contributed by atoms with Gasteiger partial charge >= 0.3 is 0 Å². The number of aromatic nitrogens is 2. The lowest BCUT2D eigenvalue weighted by atomic mass is 9.99. The molecule has 1 aromatic heterocycles. The van der Waals surface area contributed by atoms with Crippen molar-refractivity contribution in [3.8, 4) is 0 Å². The van der Waals surface area contributed by atoms with Crippen LogP contribution in [0.3, 0.4) is 0 Å². The third kappa shape index (κ3) is 3.02. The highest BCUT2D eigenvalue weighted by molar-refractivity contribution is 6.32. The molecule has 5 heteroatoms. The molecule has 1 heterocycles. The monoisotopic (exact) mass is 318 g/mol. The Kier molecular flexibility index (Phi) is 4.20. The van der Waals surface area contributed by atoms with E-state index in [0.29, 0.717) is 5.56 Å². The average Bonchev–Trinajstić information content (AvgIpc) is 2.94. The Balaban J connectivity index is 2.05. The summed E-state index contributed by atoms with van der Waals surface area (Å²) in [4.78, 5) is 0. The first kappa shape index (κ1) is 14.7. The first-order chi connectivity index (χ1) is 10.7. The van der Waals surface area contributed by atoms with Crippen LogP contribution in [0.1, 0.15) is 17.5 Å². The molecule has 0 aliphatic carbocycles. The maximum atomic E-state index is 13.2. The largest absolute Gasteiger partial charge is 0.278 e. The van der Waals surface area contributed by atoms with Crippen molar-refractivity contribution in [1.82, 2.24) is 10.2 Å². The number of nitrogens with zero attached hydrogens (tertiary/aromatic N) is 1. The Morgan fingerprint density at radius 1 is 1.23 bits per heavy atom. The minimum absolute atomic E-state index is 0.217. The van der Waals surface area contributed by atoms with Crippen LogP contribution < -0.4 is 0 Å². The SMILES string of the molecule is FCC/C(=C\c1ccc2[nH]ncc2c1)c1ccc(F)cc1Cl. The molecule has 112 valence electrons. The van der Waals surface area contributed by atoms with E-state index in [-0.39, 0.29) is 11.4 Å². The molecular formula is C17H13ClF2N2. The van der Waals surface area contributed by atoms with Crippen molar-refractivity contribution >= 4 is 34.2 Å². The van der Waals surface area contributed by atoms with Gasteiger partial charge in [0, 0.05) is 11.8 Å². The summed E-state index contributed by atoms with van der Waals surface area (Å²) < 4.78 is 26.0. The molecular weight excluding hydrogens is 306 g/mol. The molecule has 3 rings (SSSR count). The maximum Gasteiger partial charge on any atom is 0.124 e. The van der Waals surface area contributed by atoms with Crippen LogP contribution in [0.15, 0.2) is 42.6 Å². The van der Waals surface area contributed by atoms with Crippen LogP contribution in [-0.4, -0.2) is 16.9 Å². The number of hydrogen-bond donors (Lipinski definition) is 1. The third-order valence-corrected chi connectivity index (χ3v) is 3.76. The van der Waals surface area contributed by atoms with E-state index in [2.05, 4.69) is 10.2 Å². The summed E-state index contributed by atoms with van der Waals surface area (Å²) >= 11 is 6.09. The molecule has 2 aromatic carbocycles. The van der Waals surface area contributed by atoms with E-state index in [9.17, 15) is 8.78 Å². The predicted molar refractivity (Wildman–Crippen MR) is 86.0 cm³/mol. The van der Waals surface area contributed by atoms with Gasteiger partial charge in [0.05, 0.1) is 23.4 Å². The molecule has 2 nitrogen and oxygen atoms in total. The highest BCUT2D eigenvalue weighted by Gasteiger charge is 2.08. The maximum absolute atomic E-state index is 13.2. The fourth-order valence-electron chi connectivity index (χ4n) is 2.39. The van der Waals surface area contributed by atoms with E-state index in [1.807, 2.05) is 24.3 Å².